The fourth-order valence-corrected chi connectivity index (χ4v) is 3.15. The molecule has 5 nitrogen and oxygen atoms in total. The first-order valence-corrected chi connectivity index (χ1v) is 7.00. The molecule has 1 heterocycles. The molecule has 0 saturated carbocycles. The average molecular weight is 266 g/mol. The zero-order valence-corrected chi connectivity index (χ0v) is 11.0. The summed E-state index contributed by atoms with van der Waals surface area (Å²) in [6, 6.07) is 6.99. The molecular formula is C12H14N2O3S. The van der Waals surface area contributed by atoms with Gasteiger partial charge in [0, 0.05) is 18.1 Å². The van der Waals surface area contributed by atoms with Crippen molar-refractivity contribution >= 4 is 20.9 Å². The monoisotopic (exact) mass is 266 g/mol. The summed E-state index contributed by atoms with van der Waals surface area (Å²) in [5.41, 5.74) is 0.415. The van der Waals surface area contributed by atoms with Gasteiger partial charge in [0.15, 0.2) is 4.90 Å². The number of benzene rings is 1. The fourth-order valence-electron chi connectivity index (χ4n) is 1.78. The van der Waals surface area contributed by atoms with Crippen LogP contribution in [0.25, 0.3) is 10.9 Å². The molecule has 0 spiro atoms. The number of pyridine rings is 1. The Kier molecular flexibility index (Phi) is 3.49. The Morgan fingerprint density at radius 2 is 2.11 bits per heavy atom. The third-order valence-corrected chi connectivity index (χ3v) is 4.12. The predicted molar refractivity (Wildman–Crippen MR) is 69.2 cm³/mol. The molecule has 0 radical (unpaired) electrons. The van der Waals surface area contributed by atoms with E-state index >= 15 is 0 Å². The van der Waals surface area contributed by atoms with Crippen molar-refractivity contribution in [1.29, 1.82) is 0 Å². The summed E-state index contributed by atoms with van der Waals surface area (Å²) in [5, 5.41) is 0.759. The van der Waals surface area contributed by atoms with E-state index in [0.717, 1.165) is 5.39 Å². The van der Waals surface area contributed by atoms with Crippen LogP contribution in [0.1, 0.15) is 6.92 Å². The van der Waals surface area contributed by atoms with E-state index in [2.05, 4.69) is 9.71 Å². The standard InChI is InChI=1S/C12H14N2O3S/c1-3-14-18(15,16)12-10(17-2)7-6-9-5-4-8-13-11(9)12/h4-8,14H,3H2,1-2H3. The van der Waals surface area contributed by atoms with Gasteiger partial charge < -0.3 is 4.74 Å². The van der Waals surface area contributed by atoms with Gasteiger partial charge in [-0.15, -0.1) is 0 Å². The summed E-state index contributed by atoms with van der Waals surface area (Å²) < 4.78 is 32.0. The molecule has 0 aliphatic heterocycles. The van der Waals surface area contributed by atoms with E-state index in [1.54, 1.807) is 31.3 Å². The van der Waals surface area contributed by atoms with Gasteiger partial charge in [-0.05, 0) is 18.2 Å². The number of nitrogens with zero attached hydrogens (tertiary/aromatic N) is 1. The van der Waals surface area contributed by atoms with Gasteiger partial charge in [0.1, 0.15) is 5.75 Å². The highest BCUT2D eigenvalue weighted by molar-refractivity contribution is 7.89. The quantitative estimate of drug-likeness (QED) is 0.911. The molecule has 6 heteroatoms. The van der Waals surface area contributed by atoms with Crippen molar-refractivity contribution in [3.63, 3.8) is 0 Å². The summed E-state index contributed by atoms with van der Waals surface area (Å²) in [5.74, 6) is 0.294. The molecule has 0 saturated heterocycles. The largest absolute Gasteiger partial charge is 0.495 e. The van der Waals surface area contributed by atoms with E-state index in [1.165, 1.54) is 7.11 Å². The second-order valence-corrected chi connectivity index (χ2v) is 5.38. The minimum atomic E-state index is -3.62. The Hall–Kier alpha value is -1.66. The van der Waals surface area contributed by atoms with Gasteiger partial charge in [-0.3, -0.25) is 4.98 Å². The molecule has 2 rings (SSSR count). The maximum atomic E-state index is 12.2. The first-order chi connectivity index (χ1) is 8.60. The van der Waals surface area contributed by atoms with E-state index in [4.69, 9.17) is 4.74 Å². The number of aromatic nitrogens is 1. The maximum absolute atomic E-state index is 12.2. The molecule has 1 aromatic heterocycles. The number of methoxy groups -OCH3 is 1. The van der Waals surface area contributed by atoms with E-state index in [0.29, 0.717) is 17.8 Å². The number of hydrogen-bond acceptors (Lipinski definition) is 4. The average Bonchev–Trinajstić information content (AvgIpc) is 2.37. The first kappa shape index (κ1) is 12.8. The van der Waals surface area contributed by atoms with Gasteiger partial charge in [-0.25, -0.2) is 13.1 Å². The van der Waals surface area contributed by atoms with Crippen molar-refractivity contribution in [2.75, 3.05) is 13.7 Å². The maximum Gasteiger partial charge on any atom is 0.246 e. The topological polar surface area (TPSA) is 68.3 Å². The summed E-state index contributed by atoms with van der Waals surface area (Å²) in [6.45, 7) is 2.04. The number of sulfonamides is 1. The molecule has 0 aliphatic carbocycles. The van der Waals surface area contributed by atoms with Crippen LogP contribution in [0.4, 0.5) is 0 Å². The number of rotatable bonds is 4. The second kappa shape index (κ2) is 4.91. The molecule has 18 heavy (non-hydrogen) atoms. The molecule has 0 unspecified atom stereocenters. The van der Waals surface area contributed by atoms with Crippen molar-refractivity contribution in [2.24, 2.45) is 0 Å². The van der Waals surface area contributed by atoms with E-state index in [9.17, 15) is 8.42 Å². The van der Waals surface area contributed by atoms with Crippen LogP contribution >= 0.6 is 0 Å². The SMILES string of the molecule is CCNS(=O)(=O)c1c(OC)ccc2cccnc12. The van der Waals surface area contributed by atoms with Crippen LogP contribution in [-0.2, 0) is 10.0 Å². The van der Waals surface area contributed by atoms with Gasteiger partial charge in [0.05, 0.1) is 12.6 Å². The predicted octanol–water partition coefficient (Wildman–Crippen LogP) is 1.54. The molecule has 0 fully saturated rings. The van der Waals surface area contributed by atoms with Crippen LogP contribution in [0.15, 0.2) is 35.4 Å². The molecule has 0 bridgehead atoms. The lowest BCUT2D eigenvalue weighted by Gasteiger charge is -2.11. The molecule has 2 aromatic rings. The van der Waals surface area contributed by atoms with E-state index in [1.807, 2.05) is 6.07 Å². The number of nitrogens with one attached hydrogen (secondary N) is 1. The van der Waals surface area contributed by atoms with Crippen LogP contribution in [-0.4, -0.2) is 27.1 Å². The fraction of sp³-hybridized carbons (Fsp3) is 0.250. The Balaban J connectivity index is 2.81. The summed E-state index contributed by atoms with van der Waals surface area (Å²) >= 11 is 0. The molecule has 1 N–H and O–H groups in total. The number of ether oxygens (including phenoxy) is 1. The van der Waals surface area contributed by atoms with Crippen molar-refractivity contribution < 1.29 is 13.2 Å². The van der Waals surface area contributed by atoms with Crippen molar-refractivity contribution in [3.05, 3.63) is 30.5 Å². The smallest absolute Gasteiger partial charge is 0.246 e. The van der Waals surface area contributed by atoms with Crippen LogP contribution in [0.2, 0.25) is 0 Å². The number of hydrogen-bond donors (Lipinski definition) is 1. The van der Waals surface area contributed by atoms with Crippen molar-refractivity contribution in [1.82, 2.24) is 9.71 Å². The third kappa shape index (κ3) is 2.16. The Morgan fingerprint density at radius 1 is 1.33 bits per heavy atom. The molecular weight excluding hydrogens is 252 g/mol. The van der Waals surface area contributed by atoms with Gasteiger partial charge in [0.25, 0.3) is 0 Å². The molecule has 0 aliphatic rings. The molecule has 0 amide bonds. The Bertz CT molecular complexity index is 668. The lowest BCUT2D eigenvalue weighted by molar-refractivity contribution is 0.403. The van der Waals surface area contributed by atoms with Crippen LogP contribution in [0.3, 0.4) is 0 Å². The second-order valence-electron chi connectivity index (χ2n) is 3.67. The minimum Gasteiger partial charge on any atom is -0.495 e. The molecule has 1 aromatic carbocycles. The van der Waals surface area contributed by atoms with Gasteiger partial charge in [-0.1, -0.05) is 13.0 Å². The van der Waals surface area contributed by atoms with E-state index < -0.39 is 10.0 Å². The van der Waals surface area contributed by atoms with Crippen LogP contribution < -0.4 is 9.46 Å². The highest BCUT2D eigenvalue weighted by Crippen LogP contribution is 2.30. The van der Waals surface area contributed by atoms with Crippen LogP contribution in [0, 0.1) is 0 Å². The Labute approximate surface area is 106 Å². The van der Waals surface area contributed by atoms with Crippen LogP contribution in [0.5, 0.6) is 5.75 Å². The van der Waals surface area contributed by atoms with E-state index in [-0.39, 0.29) is 4.90 Å². The van der Waals surface area contributed by atoms with Gasteiger partial charge >= 0.3 is 0 Å². The van der Waals surface area contributed by atoms with Crippen molar-refractivity contribution in [2.45, 2.75) is 11.8 Å². The molecule has 96 valence electrons. The lowest BCUT2D eigenvalue weighted by atomic mass is 10.2. The number of fused-ring (bicyclic) bond motifs is 1. The minimum absolute atomic E-state index is 0.0879. The summed E-state index contributed by atoms with van der Waals surface area (Å²) in [6.07, 6.45) is 1.56. The highest BCUT2D eigenvalue weighted by atomic mass is 32.2. The van der Waals surface area contributed by atoms with Gasteiger partial charge in [0.2, 0.25) is 10.0 Å². The zero-order chi connectivity index (χ0) is 13.2. The summed E-state index contributed by atoms with van der Waals surface area (Å²) in [7, 11) is -2.18. The third-order valence-electron chi connectivity index (χ3n) is 2.52. The highest BCUT2D eigenvalue weighted by Gasteiger charge is 2.22. The zero-order valence-electron chi connectivity index (χ0n) is 10.2. The Morgan fingerprint density at radius 3 is 2.78 bits per heavy atom. The lowest BCUT2D eigenvalue weighted by Crippen LogP contribution is -2.24. The summed E-state index contributed by atoms with van der Waals surface area (Å²) in [4.78, 5) is 4.23. The molecule has 0 atom stereocenters. The van der Waals surface area contributed by atoms with Gasteiger partial charge in [-0.2, -0.15) is 0 Å². The normalized spacial score (nSPS) is 11.7. The van der Waals surface area contributed by atoms with Crippen molar-refractivity contribution in [3.8, 4) is 5.75 Å². The first-order valence-electron chi connectivity index (χ1n) is 5.51.